The molecule has 2 rings (SSSR count). The number of carbonyl (C=O) groups excluding carboxylic acids is 1. The van der Waals surface area contributed by atoms with Gasteiger partial charge in [0.05, 0.1) is 12.7 Å². The molecule has 2 aromatic carbocycles. The van der Waals surface area contributed by atoms with E-state index in [0.29, 0.717) is 11.1 Å². The van der Waals surface area contributed by atoms with Gasteiger partial charge in [-0.3, -0.25) is 4.79 Å². The molecule has 0 saturated carbocycles. The summed E-state index contributed by atoms with van der Waals surface area (Å²) in [6, 6.07) is 8.48. The Labute approximate surface area is 123 Å². The van der Waals surface area contributed by atoms with Crippen LogP contribution in [0, 0.1) is 13.8 Å². The summed E-state index contributed by atoms with van der Waals surface area (Å²) in [6.07, 6.45) is 0.152. The van der Waals surface area contributed by atoms with Crippen molar-refractivity contribution >= 4 is 5.78 Å². The topological polar surface area (TPSA) is 66.8 Å². The van der Waals surface area contributed by atoms with E-state index in [1.54, 1.807) is 45.2 Å². The van der Waals surface area contributed by atoms with Gasteiger partial charge >= 0.3 is 0 Å². The first-order valence-electron chi connectivity index (χ1n) is 6.62. The van der Waals surface area contributed by atoms with Crippen LogP contribution in [0.25, 0.3) is 0 Å². The van der Waals surface area contributed by atoms with Crippen LogP contribution in [0.2, 0.25) is 0 Å². The van der Waals surface area contributed by atoms with Crippen LogP contribution in [0.5, 0.6) is 17.2 Å². The summed E-state index contributed by atoms with van der Waals surface area (Å²) in [4.78, 5) is 12.3. The summed E-state index contributed by atoms with van der Waals surface area (Å²) in [5, 5.41) is 19.9. The molecule has 0 spiro atoms. The van der Waals surface area contributed by atoms with Crippen molar-refractivity contribution in [2.75, 3.05) is 7.11 Å². The lowest BCUT2D eigenvalue weighted by Gasteiger charge is -2.11. The average Bonchev–Trinajstić information content (AvgIpc) is 2.49. The largest absolute Gasteiger partial charge is 0.508 e. The summed E-state index contributed by atoms with van der Waals surface area (Å²) in [5.41, 5.74) is 2.06. The van der Waals surface area contributed by atoms with Gasteiger partial charge in [0, 0.05) is 6.42 Å². The zero-order valence-electron chi connectivity index (χ0n) is 12.3. The highest BCUT2D eigenvalue weighted by Crippen LogP contribution is 2.32. The molecule has 0 aromatic heterocycles. The van der Waals surface area contributed by atoms with Gasteiger partial charge in [0.15, 0.2) is 5.78 Å². The van der Waals surface area contributed by atoms with E-state index >= 15 is 0 Å². The van der Waals surface area contributed by atoms with Crippen molar-refractivity contribution in [3.63, 3.8) is 0 Å². The first kappa shape index (κ1) is 14.9. The average molecular weight is 286 g/mol. The standard InChI is InChI=1S/C17H18O4/c1-10-11(2)17(20)14(9-15(10)18)16(19)8-12-4-6-13(21-3)7-5-12/h4-7,9,18,20H,8H2,1-3H3. The van der Waals surface area contributed by atoms with Crippen LogP contribution in [-0.2, 0) is 6.42 Å². The maximum absolute atomic E-state index is 12.3. The van der Waals surface area contributed by atoms with E-state index in [9.17, 15) is 15.0 Å². The summed E-state index contributed by atoms with van der Waals surface area (Å²) in [5.74, 6) is 0.432. The zero-order chi connectivity index (χ0) is 15.6. The second-order valence-electron chi connectivity index (χ2n) is 4.99. The number of ketones is 1. The van der Waals surface area contributed by atoms with Crippen LogP contribution in [0.3, 0.4) is 0 Å². The first-order valence-corrected chi connectivity index (χ1v) is 6.62. The number of benzene rings is 2. The van der Waals surface area contributed by atoms with Gasteiger partial charge in [0.1, 0.15) is 17.2 Å². The molecule has 0 saturated heterocycles. The number of hydrogen-bond acceptors (Lipinski definition) is 4. The molecule has 0 bridgehead atoms. The highest BCUT2D eigenvalue weighted by Gasteiger charge is 2.17. The lowest BCUT2D eigenvalue weighted by atomic mass is 9.97. The summed E-state index contributed by atoms with van der Waals surface area (Å²) >= 11 is 0. The summed E-state index contributed by atoms with van der Waals surface area (Å²) in [6.45, 7) is 3.37. The number of phenols is 2. The van der Waals surface area contributed by atoms with E-state index in [-0.39, 0.29) is 29.3 Å². The van der Waals surface area contributed by atoms with E-state index in [4.69, 9.17) is 4.74 Å². The minimum atomic E-state index is -0.240. The first-order chi connectivity index (χ1) is 9.93. The van der Waals surface area contributed by atoms with Gasteiger partial charge in [0.2, 0.25) is 0 Å². The molecule has 0 amide bonds. The fourth-order valence-electron chi connectivity index (χ4n) is 2.12. The van der Waals surface area contributed by atoms with E-state index in [1.165, 1.54) is 6.07 Å². The van der Waals surface area contributed by atoms with Crippen LogP contribution >= 0.6 is 0 Å². The maximum Gasteiger partial charge on any atom is 0.171 e. The van der Waals surface area contributed by atoms with Gasteiger partial charge in [-0.15, -0.1) is 0 Å². The van der Waals surface area contributed by atoms with Crippen molar-refractivity contribution in [1.82, 2.24) is 0 Å². The van der Waals surface area contributed by atoms with E-state index < -0.39 is 0 Å². The van der Waals surface area contributed by atoms with Crippen LogP contribution < -0.4 is 4.74 Å². The number of aromatic hydroxyl groups is 2. The van der Waals surface area contributed by atoms with Crippen LogP contribution in [0.4, 0.5) is 0 Å². The van der Waals surface area contributed by atoms with Gasteiger partial charge in [-0.2, -0.15) is 0 Å². The van der Waals surface area contributed by atoms with Crippen molar-refractivity contribution < 1.29 is 19.7 Å². The lowest BCUT2D eigenvalue weighted by Crippen LogP contribution is -2.05. The molecule has 2 aromatic rings. The number of phenolic OH excluding ortho intramolecular Hbond substituents is 2. The Morgan fingerprint density at radius 2 is 1.71 bits per heavy atom. The Morgan fingerprint density at radius 1 is 1.10 bits per heavy atom. The van der Waals surface area contributed by atoms with Crippen molar-refractivity contribution in [2.45, 2.75) is 20.3 Å². The minimum absolute atomic E-state index is 0.0170. The number of Topliss-reactive ketones (excluding diaryl/α,β-unsaturated/α-hetero) is 1. The molecule has 2 N–H and O–H groups in total. The second kappa shape index (κ2) is 5.87. The molecular weight excluding hydrogens is 268 g/mol. The van der Waals surface area contributed by atoms with E-state index in [0.717, 1.165) is 11.3 Å². The number of rotatable bonds is 4. The summed E-state index contributed by atoms with van der Waals surface area (Å²) < 4.78 is 5.06. The molecule has 0 aliphatic heterocycles. The monoisotopic (exact) mass is 286 g/mol. The third-order valence-corrected chi connectivity index (χ3v) is 3.66. The van der Waals surface area contributed by atoms with Gasteiger partial charge in [-0.25, -0.2) is 0 Å². The quantitative estimate of drug-likeness (QED) is 0.669. The van der Waals surface area contributed by atoms with Crippen LogP contribution in [-0.4, -0.2) is 23.1 Å². The van der Waals surface area contributed by atoms with E-state index in [1.807, 2.05) is 0 Å². The van der Waals surface area contributed by atoms with Crippen LogP contribution in [0.1, 0.15) is 27.0 Å². The SMILES string of the molecule is COc1ccc(CC(=O)c2cc(O)c(C)c(C)c2O)cc1. The maximum atomic E-state index is 12.3. The summed E-state index contributed by atoms with van der Waals surface area (Å²) in [7, 11) is 1.58. The zero-order valence-corrected chi connectivity index (χ0v) is 12.3. The number of carbonyl (C=O) groups is 1. The number of hydrogen-bond donors (Lipinski definition) is 2. The highest BCUT2D eigenvalue weighted by molar-refractivity contribution is 6.00. The predicted molar refractivity (Wildman–Crippen MR) is 80.3 cm³/mol. The molecule has 0 fully saturated rings. The van der Waals surface area contributed by atoms with Crippen molar-refractivity contribution in [3.8, 4) is 17.2 Å². The molecule has 0 heterocycles. The fraction of sp³-hybridized carbons (Fsp3) is 0.235. The van der Waals surface area contributed by atoms with Gasteiger partial charge < -0.3 is 14.9 Å². The normalized spacial score (nSPS) is 10.4. The van der Waals surface area contributed by atoms with Gasteiger partial charge in [-0.1, -0.05) is 12.1 Å². The molecule has 4 heteroatoms. The lowest BCUT2D eigenvalue weighted by molar-refractivity contribution is 0.0990. The van der Waals surface area contributed by atoms with Crippen molar-refractivity contribution in [2.24, 2.45) is 0 Å². The molecule has 21 heavy (non-hydrogen) atoms. The molecule has 0 atom stereocenters. The number of methoxy groups -OCH3 is 1. The smallest absolute Gasteiger partial charge is 0.171 e. The third-order valence-electron chi connectivity index (χ3n) is 3.66. The van der Waals surface area contributed by atoms with Crippen LogP contribution in [0.15, 0.2) is 30.3 Å². The highest BCUT2D eigenvalue weighted by atomic mass is 16.5. The Morgan fingerprint density at radius 3 is 2.29 bits per heavy atom. The predicted octanol–water partition coefficient (Wildman–Crippen LogP) is 3.15. The molecule has 0 aliphatic rings. The van der Waals surface area contributed by atoms with Gasteiger partial charge in [0.25, 0.3) is 0 Å². The molecule has 0 aliphatic carbocycles. The van der Waals surface area contributed by atoms with Crippen molar-refractivity contribution in [3.05, 3.63) is 52.6 Å². The fourth-order valence-corrected chi connectivity index (χ4v) is 2.12. The molecule has 0 unspecified atom stereocenters. The Bertz CT molecular complexity index is 672. The molecule has 110 valence electrons. The molecule has 0 radical (unpaired) electrons. The van der Waals surface area contributed by atoms with E-state index in [2.05, 4.69) is 0 Å². The minimum Gasteiger partial charge on any atom is -0.508 e. The van der Waals surface area contributed by atoms with Crippen molar-refractivity contribution in [1.29, 1.82) is 0 Å². The molecule has 4 nitrogen and oxygen atoms in total. The third kappa shape index (κ3) is 2.99. The molecular formula is C17H18O4. The Balaban J connectivity index is 2.28. The Kier molecular flexibility index (Phi) is 4.17. The number of ether oxygens (including phenoxy) is 1. The Hall–Kier alpha value is -2.49. The van der Waals surface area contributed by atoms with Gasteiger partial charge in [-0.05, 0) is 48.7 Å². The second-order valence-corrected chi connectivity index (χ2v) is 4.99.